The second-order valence-electron chi connectivity index (χ2n) is 6.79. The molecular weight excluding hydrogens is 397 g/mol. The maximum absolute atomic E-state index is 12.2. The van der Waals surface area contributed by atoms with Crippen LogP contribution >= 0.6 is 24.8 Å². The fourth-order valence-corrected chi connectivity index (χ4v) is 3.47. The molecular formula is C20H25Cl2N5O. The average molecular weight is 422 g/mol. The van der Waals surface area contributed by atoms with Crippen molar-refractivity contribution < 1.29 is 4.79 Å². The molecule has 1 fully saturated rings. The zero-order valence-electron chi connectivity index (χ0n) is 15.5. The Morgan fingerprint density at radius 3 is 2.64 bits per heavy atom. The summed E-state index contributed by atoms with van der Waals surface area (Å²) in [5.74, 6) is 1.51. The van der Waals surface area contributed by atoms with Gasteiger partial charge in [0.2, 0.25) is 5.91 Å². The molecule has 1 amide bonds. The van der Waals surface area contributed by atoms with Crippen molar-refractivity contribution in [3.05, 3.63) is 48.9 Å². The summed E-state index contributed by atoms with van der Waals surface area (Å²) in [6.07, 6.45) is 7.33. The summed E-state index contributed by atoms with van der Waals surface area (Å²) in [6.45, 7) is 2.14. The van der Waals surface area contributed by atoms with Crippen molar-refractivity contribution in [3.8, 4) is 5.82 Å². The minimum absolute atomic E-state index is 0. The molecule has 3 heterocycles. The van der Waals surface area contributed by atoms with E-state index in [0.717, 1.165) is 42.0 Å². The van der Waals surface area contributed by atoms with Gasteiger partial charge in [0.25, 0.3) is 0 Å². The van der Waals surface area contributed by atoms with Crippen LogP contribution < -0.4 is 10.6 Å². The Morgan fingerprint density at radius 1 is 1.11 bits per heavy atom. The smallest absolute Gasteiger partial charge is 0.224 e. The maximum Gasteiger partial charge on any atom is 0.224 e. The SMILES string of the molecule is Cl.Cl.O=C(CCC1CCNCC1)Nc1ccc(-n2cnc3ccccc32)nc1. The number of carbonyl (C=O) groups is 1. The second kappa shape index (κ2) is 10.4. The number of carbonyl (C=O) groups excluding carboxylic acids is 1. The van der Waals surface area contributed by atoms with Crippen LogP contribution in [-0.4, -0.2) is 33.5 Å². The van der Waals surface area contributed by atoms with Gasteiger partial charge in [0, 0.05) is 6.42 Å². The second-order valence-corrected chi connectivity index (χ2v) is 6.79. The molecule has 0 radical (unpaired) electrons. The molecule has 28 heavy (non-hydrogen) atoms. The number of rotatable bonds is 5. The number of pyridine rings is 1. The number of hydrogen-bond donors (Lipinski definition) is 2. The highest BCUT2D eigenvalue weighted by atomic mass is 35.5. The summed E-state index contributed by atoms with van der Waals surface area (Å²) in [7, 11) is 0. The molecule has 150 valence electrons. The van der Waals surface area contributed by atoms with Crippen molar-refractivity contribution in [1.82, 2.24) is 19.9 Å². The molecule has 1 aliphatic rings. The first-order valence-corrected chi connectivity index (χ1v) is 9.19. The van der Waals surface area contributed by atoms with Gasteiger partial charge in [0.1, 0.15) is 12.1 Å². The van der Waals surface area contributed by atoms with E-state index in [2.05, 4.69) is 20.6 Å². The van der Waals surface area contributed by atoms with Gasteiger partial charge >= 0.3 is 0 Å². The van der Waals surface area contributed by atoms with Gasteiger partial charge in [-0.3, -0.25) is 9.36 Å². The van der Waals surface area contributed by atoms with Gasteiger partial charge in [-0.15, -0.1) is 24.8 Å². The molecule has 0 atom stereocenters. The fourth-order valence-electron chi connectivity index (χ4n) is 3.47. The number of nitrogens with one attached hydrogen (secondary N) is 2. The number of hydrogen-bond acceptors (Lipinski definition) is 4. The predicted molar refractivity (Wildman–Crippen MR) is 117 cm³/mol. The topological polar surface area (TPSA) is 71.8 Å². The van der Waals surface area contributed by atoms with Crippen molar-refractivity contribution in [2.45, 2.75) is 25.7 Å². The summed E-state index contributed by atoms with van der Waals surface area (Å²) in [6, 6.07) is 11.7. The summed E-state index contributed by atoms with van der Waals surface area (Å²) in [5, 5.41) is 6.30. The number of fused-ring (bicyclic) bond motifs is 1. The van der Waals surface area contributed by atoms with Gasteiger partial charge in [-0.2, -0.15) is 0 Å². The van der Waals surface area contributed by atoms with Crippen LogP contribution in [0.2, 0.25) is 0 Å². The highest BCUT2D eigenvalue weighted by Gasteiger charge is 2.14. The van der Waals surface area contributed by atoms with E-state index in [-0.39, 0.29) is 30.7 Å². The van der Waals surface area contributed by atoms with E-state index in [0.29, 0.717) is 12.3 Å². The molecule has 0 bridgehead atoms. The van der Waals surface area contributed by atoms with E-state index >= 15 is 0 Å². The average Bonchev–Trinajstić information content (AvgIpc) is 3.12. The van der Waals surface area contributed by atoms with Crippen LogP contribution in [0, 0.1) is 5.92 Å². The summed E-state index contributed by atoms with van der Waals surface area (Å²) in [4.78, 5) is 21.0. The molecule has 8 heteroatoms. The molecule has 4 rings (SSSR count). The summed E-state index contributed by atoms with van der Waals surface area (Å²) in [5.41, 5.74) is 2.68. The van der Waals surface area contributed by atoms with Crippen LogP contribution in [0.4, 0.5) is 5.69 Å². The lowest BCUT2D eigenvalue weighted by molar-refractivity contribution is -0.116. The predicted octanol–water partition coefficient (Wildman–Crippen LogP) is 3.98. The zero-order valence-corrected chi connectivity index (χ0v) is 17.1. The van der Waals surface area contributed by atoms with Gasteiger partial charge in [-0.1, -0.05) is 12.1 Å². The van der Waals surface area contributed by atoms with Crippen molar-refractivity contribution in [1.29, 1.82) is 0 Å². The first kappa shape index (κ1) is 22.1. The molecule has 0 saturated carbocycles. The van der Waals surface area contributed by atoms with E-state index < -0.39 is 0 Å². The summed E-state index contributed by atoms with van der Waals surface area (Å²) >= 11 is 0. The molecule has 0 unspecified atom stereocenters. The lowest BCUT2D eigenvalue weighted by Crippen LogP contribution is -2.28. The normalized spacial score (nSPS) is 14.1. The van der Waals surface area contributed by atoms with Crippen molar-refractivity contribution in [3.63, 3.8) is 0 Å². The monoisotopic (exact) mass is 421 g/mol. The third-order valence-electron chi connectivity index (χ3n) is 4.97. The Bertz CT molecular complexity index is 891. The number of piperidine rings is 1. The minimum atomic E-state index is 0. The van der Waals surface area contributed by atoms with Crippen molar-refractivity contribution >= 4 is 47.4 Å². The van der Waals surface area contributed by atoms with E-state index in [1.165, 1.54) is 12.8 Å². The standard InChI is InChI=1S/C20H23N5O.2ClH/c26-20(8-5-15-9-11-21-12-10-15)24-16-6-7-19(22-13-16)25-14-23-17-3-1-2-4-18(17)25;;/h1-4,6-7,13-15,21H,5,8-12H2,(H,24,26);2*1H. The first-order valence-electron chi connectivity index (χ1n) is 9.19. The molecule has 2 N–H and O–H groups in total. The quantitative estimate of drug-likeness (QED) is 0.653. The van der Waals surface area contributed by atoms with E-state index in [1.54, 1.807) is 12.5 Å². The van der Waals surface area contributed by atoms with Crippen LogP contribution in [-0.2, 0) is 4.79 Å². The van der Waals surface area contributed by atoms with Gasteiger partial charge in [-0.05, 0) is 62.5 Å². The van der Waals surface area contributed by atoms with Crippen LogP contribution in [0.25, 0.3) is 16.9 Å². The Balaban J connectivity index is 0.00000140. The molecule has 0 spiro atoms. The van der Waals surface area contributed by atoms with E-state index in [9.17, 15) is 4.79 Å². The van der Waals surface area contributed by atoms with Crippen molar-refractivity contribution in [2.75, 3.05) is 18.4 Å². The Kier molecular flexibility index (Phi) is 8.23. The fraction of sp³-hybridized carbons (Fsp3) is 0.350. The van der Waals surface area contributed by atoms with Crippen molar-refractivity contribution in [2.24, 2.45) is 5.92 Å². The molecule has 1 aromatic carbocycles. The highest BCUT2D eigenvalue weighted by Crippen LogP contribution is 2.19. The van der Waals surface area contributed by atoms with Gasteiger partial charge in [-0.25, -0.2) is 9.97 Å². The Hall–Kier alpha value is -2.15. The molecule has 1 aliphatic heterocycles. The molecule has 1 saturated heterocycles. The minimum Gasteiger partial charge on any atom is -0.325 e. The first-order chi connectivity index (χ1) is 12.8. The van der Waals surface area contributed by atoms with Crippen LogP contribution in [0.5, 0.6) is 0 Å². The number of halogens is 2. The van der Waals surface area contributed by atoms with E-state index in [1.807, 2.05) is 41.0 Å². The third-order valence-corrected chi connectivity index (χ3v) is 4.97. The molecule has 3 aromatic rings. The Morgan fingerprint density at radius 2 is 1.89 bits per heavy atom. The van der Waals surface area contributed by atoms with Crippen LogP contribution in [0.1, 0.15) is 25.7 Å². The number of aromatic nitrogens is 3. The maximum atomic E-state index is 12.2. The molecule has 0 aliphatic carbocycles. The summed E-state index contributed by atoms with van der Waals surface area (Å²) < 4.78 is 1.94. The molecule has 6 nitrogen and oxygen atoms in total. The third kappa shape index (κ3) is 5.22. The number of benzene rings is 1. The largest absolute Gasteiger partial charge is 0.325 e. The van der Waals surface area contributed by atoms with E-state index in [4.69, 9.17) is 0 Å². The molecule has 2 aromatic heterocycles. The number of para-hydroxylation sites is 2. The Labute approximate surface area is 177 Å². The number of imidazole rings is 1. The number of nitrogens with zero attached hydrogens (tertiary/aromatic N) is 3. The van der Waals surface area contributed by atoms with Crippen LogP contribution in [0.3, 0.4) is 0 Å². The number of anilines is 1. The van der Waals surface area contributed by atoms with Gasteiger partial charge < -0.3 is 10.6 Å². The van der Waals surface area contributed by atoms with Crippen LogP contribution in [0.15, 0.2) is 48.9 Å². The lowest BCUT2D eigenvalue weighted by atomic mass is 9.93. The van der Waals surface area contributed by atoms with Gasteiger partial charge in [0.15, 0.2) is 0 Å². The lowest BCUT2D eigenvalue weighted by Gasteiger charge is -2.22. The number of amides is 1. The highest BCUT2D eigenvalue weighted by molar-refractivity contribution is 5.90. The van der Waals surface area contributed by atoms with Gasteiger partial charge in [0.05, 0.1) is 22.9 Å². The zero-order chi connectivity index (χ0) is 17.8.